The van der Waals surface area contributed by atoms with Gasteiger partial charge in [0.05, 0.1) is 0 Å². The highest BCUT2D eigenvalue weighted by atomic mass is 16.1. The number of rotatable bonds is 7. The lowest BCUT2D eigenvalue weighted by Crippen LogP contribution is -2.24. The third-order valence-corrected chi connectivity index (χ3v) is 1.44. The predicted octanol–water partition coefficient (Wildman–Crippen LogP) is -0.179. The van der Waals surface area contributed by atoms with Crippen LogP contribution >= 0.6 is 0 Å². The van der Waals surface area contributed by atoms with Crippen molar-refractivity contribution in [3.63, 3.8) is 0 Å². The van der Waals surface area contributed by atoms with Crippen LogP contribution in [0.1, 0.15) is 25.7 Å². The van der Waals surface area contributed by atoms with Crippen molar-refractivity contribution >= 4 is 12.2 Å². The molecule has 12 heavy (non-hydrogen) atoms. The highest BCUT2D eigenvalue weighted by Crippen LogP contribution is 1.86. The third kappa shape index (κ3) is 7.21. The van der Waals surface area contributed by atoms with Gasteiger partial charge in [0, 0.05) is 19.4 Å². The second-order valence-electron chi connectivity index (χ2n) is 2.55. The fraction of sp³-hybridized carbons (Fsp3) is 0.750. The van der Waals surface area contributed by atoms with Gasteiger partial charge >= 0.3 is 0 Å². The summed E-state index contributed by atoms with van der Waals surface area (Å²) in [5.41, 5.74) is 5.27. The van der Waals surface area contributed by atoms with E-state index in [1.165, 1.54) is 0 Å². The van der Waals surface area contributed by atoms with Crippen molar-refractivity contribution in [3.8, 4) is 0 Å². The molecule has 4 nitrogen and oxygen atoms in total. The molecule has 0 radical (unpaired) electrons. The molecule has 70 valence electrons. The van der Waals surface area contributed by atoms with E-state index < -0.39 is 0 Å². The van der Waals surface area contributed by atoms with Crippen molar-refractivity contribution in [2.45, 2.75) is 25.7 Å². The van der Waals surface area contributed by atoms with E-state index in [0.717, 1.165) is 19.1 Å². The molecule has 0 bridgehead atoms. The Bertz CT molecular complexity index is 137. The smallest absolute Gasteiger partial charge is 0.220 e. The number of nitrogens with two attached hydrogens (primary N) is 1. The zero-order chi connectivity index (χ0) is 9.23. The Morgan fingerprint density at radius 3 is 2.75 bits per heavy atom. The van der Waals surface area contributed by atoms with Gasteiger partial charge in [0.25, 0.3) is 0 Å². The molecule has 0 unspecified atom stereocenters. The summed E-state index contributed by atoms with van der Waals surface area (Å²) >= 11 is 0. The van der Waals surface area contributed by atoms with Crippen LogP contribution in [0.2, 0.25) is 0 Å². The van der Waals surface area contributed by atoms with Crippen LogP contribution in [-0.4, -0.2) is 25.3 Å². The van der Waals surface area contributed by atoms with E-state index in [1.54, 1.807) is 0 Å². The van der Waals surface area contributed by atoms with Gasteiger partial charge in [-0.3, -0.25) is 4.79 Å². The van der Waals surface area contributed by atoms with Crippen molar-refractivity contribution < 1.29 is 9.59 Å². The van der Waals surface area contributed by atoms with Crippen LogP contribution in [0.25, 0.3) is 0 Å². The number of aldehydes is 1. The van der Waals surface area contributed by atoms with Crippen LogP contribution in [0.5, 0.6) is 0 Å². The topological polar surface area (TPSA) is 72.2 Å². The Morgan fingerprint density at radius 2 is 2.17 bits per heavy atom. The maximum Gasteiger partial charge on any atom is 0.220 e. The molecule has 4 heteroatoms. The summed E-state index contributed by atoms with van der Waals surface area (Å²) in [6.07, 6.45) is 3.19. The summed E-state index contributed by atoms with van der Waals surface area (Å²) < 4.78 is 0. The Labute approximate surface area is 72.5 Å². The van der Waals surface area contributed by atoms with Gasteiger partial charge in [-0.1, -0.05) is 0 Å². The monoisotopic (exact) mass is 172 g/mol. The first kappa shape index (κ1) is 11.1. The normalized spacial score (nSPS) is 9.42. The average Bonchev–Trinajstić information content (AvgIpc) is 2.09. The van der Waals surface area contributed by atoms with Crippen LogP contribution in [0.4, 0.5) is 0 Å². The van der Waals surface area contributed by atoms with Crippen molar-refractivity contribution in [2.24, 2.45) is 5.73 Å². The van der Waals surface area contributed by atoms with E-state index in [0.29, 0.717) is 25.9 Å². The number of amides is 1. The number of nitrogens with one attached hydrogen (secondary N) is 1. The van der Waals surface area contributed by atoms with Crippen LogP contribution in [0, 0.1) is 0 Å². The summed E-state index contributed by atoms with van der Waals surface area (Å²) in [7, 11) is 0. The average molecular weight is 172 g/mol. The molecular weight excluding hydrogens is 156 g/mol. The molecule has 0 fully saturated rings. The second-order valence-corrected chi connectivity index (χ2v) is 2.55. The standard InChI is InChI=1S/C8H16N2O2/c9-5-1-2-6-10-8(12)4-3-7-11/h7H,1-6,9H2,(H,10,12). The minimum absolute atomic E-state index is 0.0564. The molecule has 0 heterocycles. The summed E-state index contributed by atoms with van der Waals surface area (Å²) in [5.74, 6) is -0.0564. The molecule has 0 aromatic carbocycles. The predicted molar refractivity (Wildman–Crippen MR) is 46.6 cm³/mol. The number of hydrogen-bond donors (Lipinski definition) is 2. The molecule has 0 rings (SSSR count). The largest absolute Gasteiger partial charge is 0.356 e. The SMILES string of the molecule is NCCCCNC(=O)CCC=O. The lowest BCUT2D eigenvalue weighted by Gasteiger charge is -2.01. The van der Waals surface area contributed by atoms with E-state index >= 15 is 0 Å². The Hall–Kier alpha value is -0.900. The molecule has 0 atom stereocenters. The molecule has 0 aliphatic carbocycles. The summed E-state index contributed by atoms with van der Waals surface area (Å²) in [5, 5.41) is 2.70. The molecule has 0 aliphatic rings. The van der Waals surface area contributed by atoms with E-state index in [4.69, 9.17) is 5.73 Å². The highest BCUT2D eigenvalue weighted by molar-refractivity contribution is 5.77. The van der Waals surface area contributed by atoms with Crippen molar-refractivity contribution in [3.05, 3.63) is 0 Å². The number of hydrogen-bond acceptors (Lipinski definition) is 3. The molecule has 0 aromatic heterocycles. The molecule has 0 aromatic rings. The van der Waals surface area contributed by atoms with Crippen molar-refractivity contribution in [2.75, 3.05) is 13.1 Å². The Kier molecular flexibility index (Phi) is 7.58. The molecule has 0 saturated heterocycles. The molecule has 0 spiro atoms. The van der Waals surface area contributed by atoms with Gasteiger partial charge in [-0.05, 0) is 19.4 Å². The van der Waals surface area contributed by atoms with Crippen LogP contribution in [0.3, 0.4) is 0 Å². The third-order valence-electron chi connectivity index (χ3n) is 1.44. The fourth-order valence-electron chi connectivity index (χ4n) is 0.776. The van der Waals surface area contributed by atoms with Gasteiger partial charge in [0.2, 0.25) is 5.91 Å². The van der Waals surface area contributed by atoms with Crippen molar-refractivity contribution in [1.29, 1.82) is 0 Å². The minimum atomic E-state index is -0.0564. The first-order valence-electron chi connectivity index (χ1n) is 4.21. The van der Waals surface area contributed by atoms with Crippen LogP contribution in [0.15, 0.2) is 0 Å². The summed E-state index contributed by atoms with van der Waals surface area (Å²) in [6, 6.07) is 0. The summed E-state index contributed by atoms with van der Waals surface area (Å²) in [6.45, 7) is 1.32. The fourth-order valence-corrected chi connectivity index (χ4v) is 0.776. The molecule has 0 aliphatic heterocycles. The van der Waals surface area contributed by atoms with Gasteiger partial charge in [0.15, 0.2) is 0 Å². The highest BCUT2D eigenvalue weighted by Gasteiger charge is 1.97. The zero-order valence-electron chi connectivity index (χ0n) is 7.21. The van der Waals surface area contributed by atoms with Crippen LogP contribution < -0.4 is 11.1 Å². The van der Waals surface area contributed by atoms with Gasteiger partial charge in [-0.25, -0.2) is 0 Å². The van der Waals surface area contributed by atoms with Gasteiger partial charge in [-0.15, -0.1) is 0 Å². The van der Waals surface area contributed by atoms with Crippen molar-refractivity contribution in [1.82, 2.24) is 5.32 Å². The number of unbranched alkanes of at least 4 members (excludes halogenated alkanes) is 1. The quantitative estimate of drug-likeness (QED) is 0.413. The Balaban J connectivity index is 3.13. The number of carbonyl (C=O) groups excluding carboxylic acids is 2. The lowest BCUT2D eigenvalue weighted by molar-refractivity contribution is -0.122. The second kappa shape index (κ2) is 8.20. The first-order valence-corrected chi connectivity index (χ1v) is 4.21. The summed E-state index contributed by atoms with van der Waals surface area (Å²) in [4.78, 5) is 20.8. The molecular formula is C8H16N2O2. The molecule has 1 amide bonds. The van der Waals surface area contributed by atoms with E-state index in [-0.39, 0.29) is 5.91 Å². The maximum atomic E-state index is 10.9. The minimum Gasteiger partial charge on any atom is -0.356 e. The van der Waals surface area contributed by atoms with Gasteiger partial charge < -0.3 is 15.8 Å². The molecule has 3 N–H and O–H groups in total. The van der Waals surface area contributed by atoms with Gasteiger partial charge in [-0.2, -0.15) is 0 Å². The maximum absolute atomic E-state index is 10.9. The van der Waals surface area contributed by atoms with E-state index in [1.807, 2.05) is 0 Å². The van der Waals surface area contributed by atoms with Gasteiger partial charge in [0.1, 0.15) is 6.29 Å². The van der Waals surface area contributed by atoms with Crippen LogP contribution in [-0.2, 0) is 9.59 Å². The van der Waals surface area contributed by atoms with E-state index in [2.05, 4.69) is 5.32 Å². The first-order chi connectivity index (χ1) is 5.81. The Morgan fingerprint density at radius 1 is 1.42 bits per heavy atom. The molecule has 0 saturated carbocycles. The number of carbonyl (C=O) groups is 2. The zero-order valence-corrected chi connectivity index (χ0v) is 7.21. The lowest BCUT2D eigenvalue weighted by atomic mass is 10.3. The van der Waals surface area contributed by atoms with E-state index in [9.17, 15) is 9.59 Å².